The zero-order chi connectivity index (χ0) is 13.2. The summed E-state index contributed by atoms with van der Waals surface area (Å²) in [7, 11) is 0. The molecular formula is C16H20FeO2. The number of carbonyl (C=O) groups excluding carboxylic acids is 1. The van der Waals surface area contributed by atoms with Crippen LogP contribution in [0.2, 0.25) is 0 Å². The minimum atomic E-state index is -0.119. The molecule has 2 rings (SSSR count). The van der Waals surface area contributed by atoms with Crippen molar-refractivity contribution in [3.63, 3.8) is 0 Å². The average molecular weight is 300 g/mol. The van der Waals surface area contributed by atoms with E-state index in [1.807, 2.05) is 68.4 Å². The molecular weight excluding hydrogens is 280 g/mol. The zero-order valence-electron chi connectivity index (χ0n) is 11.4. The molecule has 0 N–H and O–H groups in total. The van der Waals surface area contributed by atoms with Crippen molar-refractivity contribution < 1.29 is 26.6 Å². The molecule has 0 aliphatic heterocycles. The van der Waals surface area contributed by atoms with Crippen LogP contribution in [0, 0.1) is 5.92 Å². The third-order valence-corrected chi connectivity index (χ3v) is 2.39. The van der Waals surface area contributed by atoms with Crippen molar-refractivity contribution in [2.75, 3.05) is 6.61 Å². The minimum Gasteiger partial charge on any atom is -0.466 e. The van der Waals surface area contributed by atoms with E-state index in [9.17, 15) is 4.79 Å². The monoisotopic (exact) mass is 300 g/mol. The number of ether oxygens (including phenoxy) is 1. The Morgan fingerprint density at radius 2 is 1.89 bits per heavy atom. The molecule has 0 amide bonds. The third-order valence-electron chi connectivity index (χ3n) is 2.39. The Labute approximate surface area is 126 Å². The van der Waals surface area contributed by atoms with Gasteiger partial charge in [0.1, 0.15) is 0 Å². The van der Waals surface area contributed by atoms with Gasteiger partial charge in [-0.25, -0.2) is 18.2 Å². The van der Waals surface area contributed by atoms with E-state index in [-0.39, 0.29) is 29.0 Å². The summed E-state index contributed by atoms with van der Waals surface area (Å²) in [6, 6.07) is 18.0. The Morgan fingerprint density at radius 1 is 1.21 bits per heavy atom. The molecule has 0 fully saturated rings. The predicted molar refractivity (Wildman–Crippen MR) is 73.6 cm³/mol. The number of esters is 1. The Balaban J connectivity index is 0.000000454. The van der Waals surface area contributed by atoms with Crippen molar-refractivity contribution in [2.45, 2.75) is 20.3 Å². The van der Waals surface area contributed by atoms with E-state index >= 15 is 0 Å². The second-order valence-electron chi connectivity index (χ2n) is 4.33. The molecule has 19 heavy (non-hydrogen) atoms. The van der Waals surface area contributed by atoms with E-state index in [1.165, 1.54) is 5.56 Å². The molecule has 2 nitrogen and oxygen atoms in total. The summed E-state index contributed by atoms with van der Waals surface area (Å²) in [4.78, 5) is 11.0. The quantitative estimate of drug-likeness (QED) is 0.490. The molecule has 0 unspecified atom stereocenters. The molecule has 0 aromatic heterocycles. The Kier molecular flexibility index (Phi) is 9.87. The molecule has 0 saturated carbocycles. The fourth-order valence-corrected chi connectivity index (χ4v) is 1.34. The van der Waals surface area contributed by atoms with Gasteiger partial charge in [-0.2, -0.15) is 42.0 Å². The first kappa shape index (κ1) is 17.7. The molecule has 0 radical (unpaired) electrons. The molecule has 0 heterocycles. The van der Waals surface area contributed by atoms with Gasteiger partial charge in [-0.1, -0.05) is 13.8 Å². The first-order valence-corrected chi connectivity index (χ1v) is 6.24. The fourth-order valence-electron chi connectivity index (χ4n) is 1.34. The number of hydrogen-bond acceptors (Lipinski definition) is 2. The Hall–Kier alpha value is -1.31. The van der Waals surface area contributed by atoms with Crippen molar-refractivity contribution in [3.05, 3.63) is 60.2 Å². The van der Waals surface area contributed by atoms with Crippen LogP contribution in [0.25, 0.3) is 0 Å². The van der Waals surface area contributed by atoms with E-state index in [2.05, 4.69) is 0 Å². The maximum absolute atomic E-state index is 11.0. The second-order valence-corrected chi connectivity index (χ2v) is 4.33. The Morgan fingerprint density at radius 3 is 2.32 bits per heavy atom. The molecule has 0 atom stereocenters. The number of hydrogen-bond donors (Lipinski definition) is 0. The maximum Gasteiger partial charge on any atom is 2.00 e. The summed E-state index contributed by atoms with van der Waals surface area (Å²) in [5, 5.41) is 0. The molecule has 0 aliphatic rings. The van der Waals surface area contributed by atoms with Crippen LogP contribution >= 0.6 is 0 Å². The molecule has 2 aromatic carbocycles. The fraction of sp³-hybridized carbons (Fsp3) is 0.312. The number of rotatable bonds is 4. The van der Waals surface area contributed by atoms with Crippen LogP contribution < -0.4 is 0 Å². The summed E-state index contributed by atoms with van der Waals surface area (Å²) < 4.78 is 5.04. The average Bonchev–Trinajstić information content (AvgIpc) is 3.04. The van der Waals surface area contributed by atoms with Crippen LogP contribution in [0.5, 0.6) is 0 Å². The van der Waals surface area contributed by atoms with Crippen LogP contribution in [0.3, 0.4) is 0 Å². The maximum atomic E-state index is 11.0. The van der Waals surface area contributed by atoms with E-state index in [1.54, 1.807) is 0 Å². The van der Waals surface area contributed by atoms with E-state index in [0.717, 1.165) is 6.42 Å². The SMILES string of the molecule is CC(C)C(=O)OCCc1cc[cH-]c1.[Fe+2].c1cc[cH-]c1. The molecule has 0 spiro atoms. The van der Waals surface area contributed by atoms with Crippen molar-refractivity contribution in [2.24, 2.45) is 5.92 Å². The van der Waals surface area contributed by atoms with Crippen LogP contribution in [0.4, 0.5) is 0 Å². The van der Waals surface area contributed by atoms with Crippen molar-refractivity contribution in [1.82, 2.24) is 0 Å². The van der Waals surface area contributed by atoms with Crippen LogP contribution in [-0.2, 0) is 33.0 Å². The van der Waals surface area contributed by atoms with Crippen molar-refractivity contribution in [3.8, 4) is 0 Å². The Bertz CT molecular complexity index is 385. The number of carbonyl (C=O) groups is 1. The molecule has 0 saturated heterocycles. The van der Waals surface area contributed by atoms with Crippen LogP contribution in [0.1, 0.15) is 19.4 Å². The van der Waals surface area contributed by atoms with Gasteiger partial charge < -0.3 is 4.74 Å². The summed E-state index contributed by atoms with van der Waals surface area (Å²) in [6.07, 6.45) is 0.811. The topological polar surface area (TPSA) is 26.3 Å². The molecule has 0 bridgehead atoms. The predicted octanol–water partition coefficient (Wildman–Crippen LogP) is 3.55. The van der Waals surface area contributed by atoms with Gasteiger partial charge in [0.15, 0.2) is 0 Å². The van der Waals surface area contributed by atoms with E-state index < -0.39 is 0 Å². The minimum absolute atomic E-state index is 0. The van der Waals surface area contributed by atoms with Gasteiger partial charge in [-0.3, -0.25) is 4.79 Å². The van der Waals surface area contributed by atoms with Crippen molar-refractivity contribution in [1.29, 1.82) is 0 Å². The van der Waals surface area contributed by atoms with Gasteiger partial charge in [0, 0.05) is 0 Å². The van der Waals surface area contributed by atoms with Gasteiger partial charge in [0.25, 0.3) is 0 Å². The third kappa shape index (κ3) is 8.41. The summed E-state index contributed by atoms with van der Waals surface area (Å²) in [6.45, 7) is 4.16. The molecule has 3 heteroatoms. The van der Waals surface area contributed by atoms with Gasteiger partial charge in [0.05, 0.1) is 12.5 Å². The normalized spacial score (nSPS) is 9.21. The summed E-state index contributed by atoms with van der Waals surface area (Å²) >= 11 is 0. The smallest absolute Gasteiger partial charge is 0.466 e. The van der Waals surface area contributed by atoms with Gasteiger partial charge in [0.2, 0.25) is 0 Å². The van der Waals surface area contributed by atoms with E-state index in [0.29, 0.717) is 6.61 Å². The van der Waals surface area contributed by atoms with E-state index in [4.69, 9.17) is 4.74 Å². The van der Waals surface area contributed by atoms with Gasteiger partial charge in [-0.15, -0.1) is 0 Å². The largest absolute Gasteiger partial charge is 2.00 e. The molecule has 2 aromatic rings. The van der Waals surface area contributed by atoms with Crippen LogP contribution in [-0.4, -0.2) is 12.6 Å². The van der Waals surface area contributed by atoms with Gasteiger partial charge >= 0.3 is 23.0 Å². The first-order valence-electron chi connectivity index (χ1n) is 6.24. The molecule has 0 aliphatic carbocycles. The van der Waals surface area contributed by atoms with Crippen LogP contribution in [0.15, 0.2) is 54.6 Å². The molecule has 104 valence electrons. The summed E-state index contributed by atoms with van der Waals surface area (Å²) in [5.74, 6) is -0.147. The first-order chi connectivity index (χ1) is 8.70. The van der Waals surface area contributed by atoms with Crippen molar-refractivity contribution >= 4 is 5.97 Å². The van der Waals surface area contributed by atoms with Gasteiger partial charge in [-0.05, 0) is 6.42 Å². The zero-order valence-corrected chi connectivity index (χ0v) is 12.5. The summed E-state index contributed by atoms with van der Waals surface area (Å²) in [5.41, 5.74) is 1.22. The second kappa shape index (κ2) is 10.6. The standard InChI is InChI=1S/C11H15O2.C5H5.Fe/c1-9(2)11(12)13-8-7-10-5-3-4-6-10;1-2-4-5-3-1;/h3-6,9H,7-8H2,1-2H3;1-5H;/q2*-1;+2.